The zero-order valence-corrected chi connectivity index (χ0v) is 45.6. The van der Waals surface area contributed by atoms with Gasteiger partial charge in [0.25, 0.3) is 0 Å². The third kappa shape index (κ3) is 55.6. The van der Waals surface area contributed by atoms with Gasteiger partial charge in [-0.05, 0) is 89.9 Å². The number of rotatable bonds is 53. The second-order valence-electron chi connectivity index (χ2n) is 19.6. The zero-order chi connectivity index (χ0) is 50.0. The average Bonchev–Trinajstić information content (AvgIpc) is 3.35. The van der Waals surface area contributed by atoms with E-state index in [9.17, 15) is 14.4 Å². The van der Waals surface area contributed by atoms with Gasteiger partial charge in [0.1, 0.15) is 13.2 Å². The van der Waals surface area contributed by atoms with Crippen molar-refractivity contribution >= 4 is 17.9 Å². The predicted molar refractivity (Wildman–Crippen MR) is 298 cm³/mol. The van der Waals surface area contributed by atoms with E-state index in [2.05, 4.69) is 93.7 Å². The minimum absolute atomic E-state index is 0.0820. The molecule has 0 aromatic heterocycles. The SMILES string of the molecule is CC\C=C/C=C\C=C/CCCCCCCCCC(=O)OCC(COC(=O)CCCCCCCCCCCC/C=C\C=C/CCCCC)OC(=O)CCCCCCCCC/C=C\CCCCCCCC. The fourth-order valence-electron chi connectivity index (χ4n) is 8.31. The fraction of sp³-hybridized carbons (Fsp3) is 0.762. The maximum atomic E-state index is 12.9. The molecule has 0 aliphatic heterocycles. The maximum Gasteiger partial charge on any atom is 0.306 e. The molecule has 0 N–H and O–H groups in total. The van der Waals surface area contributed by atoms with Crippen molar-refractivity contribution in [3.05, 3.63) is 72.9 Å². The van der Waals surface area contributed by atoms with Gasteiger partial charge in [-0.25, -0.2) is 0 Å². The summed E-state index contributed by atoms with van der Waals surface area (Å²) < 4.78 is 16.9. The first-order valence-electron chi connectivity index (χ1n) is 29.5. The van der Waals surface area contributed by atoms with Gasteiger partial charge in [-0.1, -0.05) is 254 Å². The Bertz CT molecular complexity index is 1290. The van der Waals surface area contributed by atoms with Crippen molar-refractivity contribution in [1.29, 1.82) is 0 Å². The van der Waals surface area contributed by atoms with Gasteiger partial charge in [0.2, 0.25) is 0 Å². The Labute approximate surface area is 427 Å². The normalized spacial score (nSPS) is 12.6. The minimum atomic E-state index is -0.785. The summed E-state index contributed by atoms with van der Waals surface area (Å²) in [5.74, 6) is -0.892. The third-order valence-corrected chi connectivity index (χ3v) is 12.8. The molecule has 0 radical (unpaired) electrons. The number of allylic oxidation sites excluding steroid dienone is 12. The minimum Gasteiger partial charge on any atom is -0.462 e. The first kappa shape index (κ1) is 65.8. The van der Waals surface area contributed by atoms with E-state index < -0.39 is 6.10 Å². The zero-order valence-electron chi connectivity index (χ0n) is 45.6. The predicted octanol–water partition coefficient (Wildman–Crippen LogP) is 19.8. The van der Waals surface area contributed by atoms with Gasteiger partial charge in [0.05, 0.1) is 0 Å². The van der Waals surface area contributed by atoms with Crippen LogP contribution in [0.5, 0.6) is 0 Å². The molecule has 0 rings (SSSR count). The van der Waals surface area contributed by atoms with Crippen molar-refractivity contribution in [3.8, 4) is 0 Å². The summed E-state index contributed by atoms with van der Waals surface area (Å²) in [4.78, 5) is 38.2. The smallest absolute Gasteiger partial charge is 0.306 e. The molecule has 398 valence electrons. The topological polar surface area (TPSA) is 78.9 Å². The van der Waals surface area contributed by atoms with Crippen molar-refractivity contribution in [3.63, 3.8) is 0 Å². The van der Waals surface area contributed by atoms with E-state index in [1.807, 2.05) is 0 Å². The number of esters is 3. The largest absolute Gasteiger partial charge is 0.462 e. The van der Waals surface area contributed by atoms with Crippen LogP contribution >= 0.6 is 0 Å². The highest BCUT2D eigenvalue weighted by Crippen LogP contribution is 2.16. The molecule has 0 aliphatic rings. The second kappa shape index (κ2) is 57.4. The molecule has 0 amide bonds. The van der Waals surface area contributed by atoms with Crippen molar-refractivity contribution < 1.29 is 28.6 Å². The molecule has 1 atom stereocenters. The van der Waals surface area contributed by atoms with E-state index in [-0.39, 0.29) is 31.1 Å². The van der Waals surface area contributed by atoms with Crippen LogP contribution in [0.2, 0.25) is 0 Å². The van der Waals surface area contributed by atoms with E-state index in [0.29, 0.717) is 19.3 Å². The van der Waals surface area contributed by atoms with E-state index in [4.69, 9.17) is 14.2 Å². The summed E-state index contributed by atoms with van der Waals surface area (Å²) in [7, 11) is 0. The highest BCUT2D eigenvalue weighted by Gasteiger charge is 2.19. The van der Waals surface area contributed by atoms with E-state index in [1.54, 1.807) is 0 Å². The first-order chi connectivity index (χ1) is 34.0. The maximum absolute atomic E-state index is 12.9. The van der Waals surface area contributed by atoms with E-state index in [0.717, 1.165) is 70.6 Å². The third-order valence-electron chi connectivity index (χ3n) is 12.8. The first-order valence-corrected chi connectivity index (χ1v) is 29.5. The Morgan fingerprint density at radius 2 is 0.580 bits per heavy atom. The Hall–Kier alpha value is -3.15. The summed E-state index contributed by atoms with van der Waals surface area (Å²) >= 11 is 0. The lowest BCUT2D eigenvalue weighted by Gasteiger charge is -2.18. The number of carbonyl (C=O) groups excluding carboxylic acids is 3. The lowest BCUT2D eigenvalue weighted by atomic mass is 10.1. The molecule has 0 bridgehead atoms. The van der Waals surface area contributed by atoms with Crippen LogP contribution in [-0.2, 0) is 28.6 Å². The molecule has 0 spiro atoms. The van der Waals surface area contributed by atoms with Crippen LogP contribution < -0.4 is 0 Å². The number of unbranched alkanes of at least 4 members (excludes halogenated alkanes) is 33. The molecule has 0 saturated heterocycles. The highest BCUT2D eigenvalue weighted by atomic mass is 16.6. The van der Waals surface area contributed by atoms with Crippen LogP contribution in [0.1, 0.15) is 290 Å². The van der Waals surface area contributed by atoms with Crippen LogP contribution in [0.4, 0.5) is 0 Å². The van der Waals surface area contributed by atoms with Crippen LogP contribution in [-0.4, -0.2) is 37.2 Å². The highest BCUT2D eigenvalue weighted by molar-refractivity contribution is 5.71. The molecule has 0 saturated carbocycles. The lowest BCUT2D eigenvalue weighted by molar-refractivity contribution is -0.167. The van der Waals surface area contributed by atoms with Crippen LogP contribution in [0.15, 0.2) is 72.9 Å². The summed E-state index contributed by atoms with van der Waals surface area (Å²) in [5, 5.41) is 0. The van der Waals surface area contributed by atoms with Crippen molar-refractivity contribution in [2.75, 3.05) is 13.2 Å². The molecule has 6 nitrogen and oxygen atoms in total. The van der Waals surface area contributed by atoms with Gasteiger partial charge in [-0.3, -0.25) is 14.4 Å². The van der Waals surface area contributed by atoms with Crippen LogP contribution in [0.3, 0.4) is 0 Å². The number of ether oxygens (including phenoxy) is 3. The summed E-state index contributed by atoms with van der Waals surface area (Å²) in [6.45, 7) is 6.49. The Balaban J connectivity index is 4.38. The molecular weight excluding hydrogens is 853 g/mol. The average molecular weight is 964 g/mol. The summed E-state index contributed by atoms with van der Waals surface area (Å²) in [6.07, 6.45) is 73.1. The molecule has 69 heavy (non-hydrogen) atoms. The molecule has 0 aliphatic carbocycles. The monoisotopic (exact) mass is 963 g/mol. The van der Waals surface area contributed by atoms with Gasteiger partial charge in [-0.15, -0.1) is 0 Å². The Kier molecular flexibility index (Phi) is 54.8. The molecule has 0 fully saturated rings. The quantitative estimate of drug-likeness (QED) is 0.0199. The summed E-state index contributed by atoms with van der Waals surface area (Å²) in [5.41, 5.74) is 0. The Morgan fingerprint density at radius 1 is 0.304 bits per heavy atom. The lowest BCUT2D eigenvalue weighted by Crippen LogP contribution is -2.30. The van der Waals surface area contributed by atoms with E-state index in [1.165, 1.54) is 180 Å². The molecule has 1 unspecified atom stereocenters. The van der Waals surface area contributed by atoms with Crippen LogP contribution in [0.25, 0.3) is 0 Å². The molecule has 0 heterocycles. The van der Waals surface area contributed by atoms with Gasteiger partial charge in [0.15, 0.2) is 6.10 Å². The Morgan fingerprint density at radius 3 is 0.957 bits per heavy atom. The number of hydrogen-bond acceptors (Lipinski definition) is 6. The van der Waals surface area contributed by atoms with Crippen LogP contribution in [0, 0.1) is 0 Å². The standard InChI is InChI=1S/C63H110O6/c1-4-7-10-13-16-19-22-25-28-30-31-33-35-38-41-44-47-50-53-56-62(65)68-59-60(58-67-61(64)55-52-49-46-43-40-37-34-27-24-21-18-15-12-9-6-3)69-63(66)57-54-51-48-45-42-39-36-32-29-26-23-20-17-14-11-8-5-2/h9,12,15-16,18-19,21-22,24-26,29,60H,4-8,10-11,13-14,17,20,23,27-28,30-59H2,1-3H3/b12-9-,18-15-,19-16-,24-21-,25-22-,29-26-. The van der Waals surface area contributed by atoms with Crippen molar-refractivity contribution in [1.82, 2.24) is 0 Å². The van der Waals surface area contributed by atoms with Gasteiger partial charge < -0.3 is 14.2 Å². The van der Waals surface area contributed by atoms with Gasteiger partial charge >= 0.3 is 17.9 Å². The number of carbonyl (C=O) groups is 3. The molecule has 0 aromatic carbocycles. The van der Waals surface area contributed by atoms with Crippen molar-refractivity contribution in [2.45, 2.75) is 297 Å². The molecular formula is C63H110O6. The van der Waals surface area contributed by atoms with Crippen molar-refractivity contribution in [2.24, 2.45) is 0 Å². The molecule has 0 aromatic rings. The second-order valence-corrected chi connectivity index (χ2v) is 19.6. The fourth-order valence-corrected chi connectivity index (χ4v) is 8.31. The number of hydrogen-bond donors (Lipinski definition) is 0. The van der Waals surface area contributed by atoms with E-state index >= 15 is 0 Å². The van der Waals surface area contributed by atoms with Gasteiger partial charge in [0, 0.05) is 19.3 Å². The summed E-state index contributed by atoms with van der Waals surface area (Å²) in [6, 6.07) is 0. The van der Waals surface area contributed by atoms with Gasteiger partial charge in [-0.2, -0.15) is 0 Å². The molecule has 6 heteroatoms.